The number of anilines is 1. The van der Waals surface area contributed by atoms with Crippen molar-refractivity contribution in [1.82, 2.24) is 15.5 Å². The van der Waals surface area contributed by atoms with Crippen molar-refractivity contribution in [3.05, 3.63) is 45.6 Å². The Hall–Kier alpha value is -2.38. The first-order chi connectivity index (χ1) is 10.6. The quantitative estimate of drug-likeness (QED) is 0.685. The number of carbonyl (C=O) groups excluding carboxylic acids is 2. The number of carbonyl (C=O) groups is 2. The average Bonchev–Trinajstić information content (AvgIpc) is 3.16. The number of H-pyrrole nitrogens is 1. The van der Waals surface area contributed by atoms with E-state index in [1.165, 1.54) is 11.3 Å². The number of hydrogen-bond donors (Lipinski definition) is 3. The van der Waals surface area contributed by atoms with Crippen molar-refractivity contribution in [1.29, 1.82) is 0 Å². The topological polar surface area (TPSA) is 86.9 Å². The fraction of sp³-hybridized carbons (Fsp3) is 0.0714. The van der Waals surface area contributed by atoms with E-state index in [2.05, 4.69) is 20.8 Å². The normalized spacial score (nSPS) is 10.6. The molecule has 1 aromatic carbocycles. The number of thiophene rings is 1. The molecule has 0 bridgehead atoms. The average molecular weight is 335 g/mol. The van der Waals surface area contributed by atoms with E-state index in [1.807, 2.05) is 0 Å². The number of benzene rings is 1. The Balaban J connectivity index is 1.64. The van der Waals surface area contributed by atoms with E-state index in [1.54, 1.807) is 35.7 Å². The summed E-state index contributed by atoms with van der Waals surface area (Å²) in [7, 11) is 0. The minimum atomic E-state index is -0.363. The van der Waals surface area contributed by atoms with E-state index in [4.69, 9.17) is 11.6 Å². The predicted octanol–water partition coefficient (Wildman–Crippen LogP) is 2.65. The first-order valence-corrected chi connectivity index (χ1v) is 7.65. The van der Waals surface area contributed by atoms with Crippen LogP contribution in [0.25, 0.3) is 10.9 Å². The number of hydrogen-bond acceptors (Lipinski definition) is 4. The van der Waals surface area contributed by atoms with Gasteiger partial charge in [-0.2, -0.15) is 5.10 Å². The number of para-hydroxylation sites is 1. The van der Waals surface area contributed by atoms with Gasteiger partial charge in [0.25, 0.3) is 5.91 Å². The summed E-state index contributed by atoms with van der Waals surface area (Å²) in [6, 6.07) is 8.77. The van der Waals surface area contributed by atoms with Gasteiger partial charge in [-0.15, -0.1) is 11.3 Å². The minimum absolute atomic E-state index is 0.133. The number of rotatable bonds is 4. The first-order valence-electron chi connectivity index (χ1n) is 6.39. The summed E-state index contributed by atoms with van der Waals surface area (Å²) >= 11 is 7.34. The maximum atomic E-state index is 11.9. The van der Waals surface area contributed by atoms with Gasteiger partial charge in [0, 0.05) is 5.39 Å². The molecular weight excluding hydrogens is 324 g/mol. The molecule has 6 nitrogen and oxygen atoms in total. The predicted molar refractivity (Wildman–Crippen MR) is 86.4 cm³/mol. The Labute approximate surface area is 134 Å². The highest BCUT2D eigenvalue weighted by Gasteiger charge is 2.12. The molecule has 0 saturated carbocycles. The molecule has 3 rings (SSSR count). The van der Waals surface area contributed by atoms with E-state index in [9.17, 15) is 9.59 Å². The number of halogens is 1. The van der Waals surface area contributed by atoms with Gasteiger partial charge in [-0.25, -0.2) is 0 Å². The van der Waals surface area contributed by atoms with Crippen molar-refractivity contribution in [2.75, 3.05) is 11.9 Å². The van der Waals surface area contributed by atoms with Crippen LogP contribution < -0.4 is 10.6 Å². The molecule has 22 heavy (non-hydrogen) atoms. The number of nitrogens with one attached hydrogen (secondary N) is 3. The van der Waals surface area contributed by atoms with Crippen LogP contribution in [-0.2, 0) is 4.79 Å². The fourth-order valence-electron chi connectivity index (χ4n) is 1.93. The third kappa shape index (κ3) is 2.95. The molecule has 0 saturated heterocycles. The number of amides is 2. The van der Waals surface area contributed by atoms with Gasteiger partial charge in [0.15, 0.2) is 5.82 Å². The minimum Gasteiger partial charge on any atom is -0.342 e. The van der Waals surface area contributed by atoms with E-state index >= 15 is 0 Å². The molecule has 0 radical (unpaired) electrons. The lowest BCUT2D eigenvalue weighted by Gasteiger charge is -2.04. The molecule has 0 aliphatic rings. The van der Waals surface area contributed by atoms with Crippen molar-refractivity contribution in [3.8, 4) is 0 Å². The zero-order valence-electron chi connectivity index (χ0n) is 11.2. The summed E-state index contributed by atoms with van der Waals surface area (Å²) in [6.45, 7) is -0.133. The lowest BCUT2D eigenvalue weighted by Crippen LogP contribution is -2.32. The van der Waals surface area contributed by atoms with E-state index in [0.29, 0.717) is 26.6 Å². The molecule has 0 aliphatic carbocycles. The molecule has 8 heteroatoms. The largest absolute Gasteiger partial charge is 0.342 e. The SMILES string of the molecule is O=C(CNC(=O)c1cccs1)Nc1n[nH]c2c(Cl)cccc12. The van der Waals surface area contributed by atoms with Crippen molar-refractivity contribution in [2.45, 2.75) is 0 Å². The zero-order valence-corrected chi connectivity index (χ0v) is 12.8. The molecule has 3 N–H and O–H groups in total. The molecule has 112 valence electrons. The summed E-state index contributed by atoms with van der Waals surface area (Å²) in [4.78, 5) is 24.2. The maximum absolute atomic E-state index is 11.9. The van der Waals surface area contributed by atoms with Crippen LogP contribution in [0, 0.1) is 0 Å². The van der Waals surface area contributed by atoms with Gasteiger partial charge in [-0.05, 0) is 23.6 Å². The fourth-order valence-corrected chi connectivity index (χ4v) is 2.79. The summed E-state index contributed by atoms with van der Waals surface area (Å²) in [5.74, 6) is -0.258. The summed E-state index contributed by atoms with van der Waals surface area (Å²) < 4.78 is 0. The van der Waals surface area contributed by atoms with Crippen molar-refractivity contribution in [3.63, 3.8) is 0 Å². The Kier molecular flexibility index (Phi) is 4.08. The maximum Gasteiger partial charge on any atom is 0.261 e. The molecule has 2 aromatic heterocycles. The first kappa shape index (κ1) is 14.6. The molecule has 0 fully saturated rings. The standard InChI is InChI=1S/C14H11ClN4O2S/c15-9-4-1-3-8-12(9)18-19-13(8)17-11(20)7-16-14(21)10-5-2-6-22-10/h1-6H,7H2,(H,16,21)(H2,17,18,19,20). The second kappa shape index (κ2) is 6.17. The molecule has 0 aliphatic heterocycles. The van der Waals surface area contributed by atoms with Crippen LogP contribution in [0.1, 0.15) is 9.67 Å². The van der Waals surface area contributed by atoms with Crippen LogP contribution in [0.15, 0.2) is 35.7 Å². The van der Waals surface area contributed by atoms with Crippen molar-refractivity contribution in [2.24, 2.45) is 0 Å². The Morgan fingerprint density at radius 1 is 1.27 bits per heavy atom. The monoisotopic (exact) mass is 334 g/mol. The Bertz CT molecular complexity index is 829. The smallest absolute Gasteiger partial charge is 0.261 e. The third-order valence-corrected chi connectivity index (χ3v) is 4.14. The highest BCUT2D eigenvalue weighted by Crippen LogP contribution is 2.26. The zero-order chi connectivity index (χ0) is 15.5. The molecular formula is C14H11ClN4O2S. The van der Waals surface area contributed by atoms with E-state index in [-0.39, 0.29) is 18.4 Å². The van der Waals surface area contributed by atoms with Gasteiger partial charge in [-0.3, -0.25) is 14.7 Å². The summed E-state index contributed by atoms with van der Waals surface area (Å²) in [5, 5.41) is 15.0. The number of aromatic amines is 1. The molecule has 0 unspecified atom stereocenters. The number of fused-ring (bicyclic) bond motifs is 1. The van der Waals surface area contributed by atoms with Crippen LogP contribution in [0.2, 0.25) is 5.02 Å². The number of nitrogens with zero attached hydrogens (tertiary/aromatic N) is 1. The third-order valence-electron chi connectivity index (χ3n) is 2.96. The second-order valence-electron chi connectivity index (χ2n) is 4.44. The van der Waals surface area contributed by atoms with Crippen LogP contribution in [-0.4, -0.2) is 28.6 Å². The van der Waals surface area contributed by atoms with Crippen LogP contribution in [0.5, 0.6) is 0 Å². The molecule has 2 heterocycles. The van der Waals surface area contributed by atoms with Gasteiger partial charge in [0.05, 0.1) is 22.0 Å². The summed E-state index contributed by atoms with van der Waals surface area (Å²) in [5.41, 5.74) is 0.655. The van der Waals surface area contributed by atoms with Crippen LogP contribution >= 0.6 is 22.9 Å². The van der Waals surface area contributed by atoms with Gasteiger partial charge in [0.2, 0.25) is 5.91 Å². The van der Waals surface area contributed by atoms with Gasteiger partial charge >= 0.3 is 0 Å². The Morgan fingerprint density at radius 3 is 2.91 bits per heavy atom. The van der Waals surface area contributed by atoms with Crippen LogP contribution in [0.3, 0.4) is 0 Å². The highest BCUT2D eigenvalue weighted by molar-refractivity contribution is 7.12. The summed E-state index contributed by atoms with van der Waals surface area (Å²) in [6.07, 6.45) is 0. The van der Waals surface area contributed by atoms with Crippen molar-refractivity contribution >= 4 is 51.5 Å². The van der Waals surface area contributed by atoms with Gasteiger partial charge in [0.1, 0.15) is 0 Å². The van der Waals surface area contributed by atoms with E-state index in [0.717, 1.165) is 0 Å². The lowest BCUT2D eigenvalue weighted by molar-refractivity contribution is -0.115. The molecule has 2 amide bonds. The second-order valence-corrected chi connectivity index (χ2v) is 5.80. The van der Waals surface area contributed by atoms with Gasteiger partial charge < -0.3 is 10.6 Å². The van der Waals surface area contributed by atoms with E-state index < -0.39 is 0 Å². The van der Waals surface area contributed by atoms with Gasteiger partial charge in [-0.1, -0.05) is 23.7 Å². The molecule has 0 atom stereocenters. The highest BCUT2D eigenvalue weighted by atomic mass is 35.5. The molecule has 3 aromatic rings. The van der Waals surface area contributed by atoms with Crippen LogP contribution in [0.4, 0.5) is 5.82 Å². The number of aromatic nitrogens is 2. The lowest BCUT2D eigenvalue weighted by atomic mass is 10.2. The van der Waals surface area contributed by atoms with Crippen molar-refractivity contribution < 1.29 is 9.59 Å². The Morgan fingerprint density at radius 2 is 2.14 bits per heavy atom. The molecule has 0 spiro atoms.